The summed E-state index contributed by atoms with van der Waals surface area (Å²) in [5, 5.41) is 2.71. The molecule has 4 heteroatoms. The smallest absolute Gasteiger partial charge is 0.230 e. The van der Waals surface area contributed by atoms with E-state index in [0.717, 1.165) is 5.75 Å². The van der Waals surface area contributed by atoms with Gasteiger partial charge in [0.25, 0.3) is 0 Å². The van der Waals surface area contributed by atoms with Gasteiger partial charge in [0.1, 0.15) is 0 Å². The normalized spacial score (nSPS) is 12.2. The molecule has 0 spiro atoms. The van der Waals surface area contributed by atoms with Crippen LogP contribution in [0.4, 0.5) is 0 Å². The Labute approximate surface area is 84.1 Å². The molecular weight excluding hydrogens is 184 g/mol. The first-order chi connectivity index (χ1) is 6.20. The van der Waals surface area contributed by atoms with Gasteiger partial charge in [-0.1, -0.05) is 13.0 Å². The molecular formula is C9H18N2OS. The third kappa shape index (κ3) is 7.87. The zero-order valence-corrected chi connectivity index (χ0v) is 8.90. The summed E-state index contributed by atoms with van der Waals surface area (Å²) in [5.41, 5.74) is 5.44. The van der Waals surface area contributed by atoms with Crippen LogP contribution in [-0.4, -0.2) is 30.5 Å². The Hall–Kier alpha value is -0.480. The molecule has 1 atom stereocenters. The number of thioether (sulfide) groups is 1. The van der Waals surface area contributed by atoms with E-state index < -0.39 is 0 Å². The van der Waals surface area contributed by atoms with Crippen LogP contribution in [0.2, 0.25) is 0 Å². The molecule has 0 aliphatic carbocycles. The molecule has 0 bridgehead atoms. The van der Waals surface area contributed by atoms with Crippen molar-refractivity contribution in [1.29, 1.82) is 0 Å². The Morgan fingerprint density at radius 3 is 3.00 bits per heavy atom. The summed E-state index contributed by atoms with van der Waals surface area (Å²) in [4.78, 5) is 11.1. The van der Waals surface area contributed by atoms with Crippen LogP contribution in [0.3, 0.4) is 0 Å². The van der Waals surface area contributed by atoms with Crippen LogP contribution in [-0.2, 0) is 4.79 Å². The lowest BCUT2D eigenvalue weighted by atomic mass is 10.2. The Balaban J connectivity index is 3.31. The molecule has 0 heterocycles. The summed E-state index contributed by atoms with van der Waals surface area (Å²) in [6, 6.07) is 0. The maximum atomic E-state index is 11.1. The number of nitrogens with one attached hydrogen (secondary N) is 1. The van der Waals surface area contributed by atoms with E-state index in [-0.39, 0.29) is 5.91 Å². The third-order valence-corrected chi connectivity index (χ3v) is 2.75. The molecule has 1 unspecified atom stereocenters. The van der Waals surface area contributed by atoms with Crippen LogP contribution in [0, 0.1) is 5.92 Å². The molecule has 0 saturated heterocycles. The Morgan fingerprint density at radius 2 is 2.46 bits per heavy atom. The summed E-state index contributed by atoms with van der Waals surface area (Å²) in [7, 11) is 0. The second kappa shape index (κ2) is 8.13. The van der Waals surface area contributed by atoms with E-state index in [2.05, 4.69) is 18.8 Å². The van der Waals surface area contributed by atoms with E-state index >= 15 is 0 Å². The molecule has 0 saturated carbocycles. The van der Waals surface area contributed by atoms with Gasteiger partial charge in [0.2, 0.25) is 5.91 Å². The molecule has 13 heavy (non-hydrogen) atoms. The fourth-order valence-corrected chi connectivity index (χ4v) is 1.60. The first kappa shape index (κ1) is 12.5. The highest BCUT2D eigenvalue weighted by molar-refractivity contribution is 7.99. The van der Waals surface area contributed by atoms with Gasteiger partial charge in [-0.05, 0) is 18.2 Å². The van der Waals surface area contributed by atoms with Crippen LogP contribution in [0.1, 0.15) is 6.92 Å². The molecule has 1 amide bonds. The highest BCUT2D eigenvalue weighted by Gasteiger charge is 2.02. The summed E-state index contributed by atoms with van der Waals surface area (Å²) in [5.74, 6) is 2.00. The molecule has 0 radical (unpaired) electrons. The van der Waals surface area contributed by atoms with Crippen molar-refractivity contribution in [2.45, 2.75) is 6.92 Å². The van der Waals surface area contributed by atoms with Gasteiger partial charge in [-0.15, -0.1) is 6.58 Å². The molecule has 0 aromatic heterocycles. The molecule has 0 aliphatic heterocycles. The van der Waals surface area contributed by atoms with Crippen molar-refractivity contribution in [2.75, 3.05) is 24.6 Å². The minimum atomic E-state index is 0.0640. The van der Waals surface area contributed by atoms with E-state index in [1.807, 2.05) is 0 Å². The van der Waals surface area contributed by atoms with Crippen LogP contribution < -0.4 is 11.1 Å². The van der Waals surface area contributed by atoms with E-state index in [0.29, 0.717) is 24.8 Å². The summed E-state index contributed by atoms with van der Waals surface area (Å²) >= 11 is 1.62. The first-order valence-corrected chi connectivity index (χ1v) is 5.51. The van der Waals surface area contributed by atoms with Crippen molar-refractivity contribution in [1.82, 2.24) is 5.32 Å². The maximum Gasteiger partial charge on any atom is 0.230 e. The van der Waals surface area contributed by atoms with Crippen molar-refractivity contribution in [3.05, 3.63) is 12.7 Å². The van der Waals surface area contributed by atoms with Gasteiger partial charge in [0, 0.05) is 6.54 Å². The minimum Gasteiger partial charge on any atom is -0.352 e. The maximum absolute atomic E-state index is 11.1. The zero-order chi connectivity index (χ0) is 10.1. The quantitative estimate of drug-likeness (QED) is 0.595. The SMILES string of the molecule is C=CCNC(=O)CSCC(C)CN. The molecule has 0 fully saturated rings. The molecule has 3 N–H and O–H groups in total. The van der Waals surface area contributed by atoms with Crippen LogP contribution in [0.25, 0.3) is 0 Å². The second-order valence-corrected chi connectivity index (χ2v) is 3.98. The van der Waals surface area contributed by atoms with Gasteiger partial charge in [0.15, 0.2) is 0 Å². The van der Waals surface area contributed by atoms with E-state index in [1.165, 1.54) is 0 Å². The summed E-state index contributed by atoms with van der Waals surface area (Å²) in [6.45, 7) is 6.82. The van der Waals surface area contributed by atoms with Crippen LogP contribution >= 0.6 is 11.8 Å². The molecule has 0 aliphatic rings. The van der Waals surface area contributed by atoms with Crippen molar-refractivity contribution < 1.29 is 4.79 Å². The number of nitrogens with two attached hydrogens (primary N) is 1. The lowest BCUT2D eigenvalue weighted by Gasteiger charge is -2.07. The Kier molecular flexibility index (Phi) is 7.83. The molecule has 76 valence electrons. The van der Waals surface area contributed by atoms with Gasteiger partial charge < -0.3 is 11.1 Å². The highest BCUT2D eigenvalue weighted by Crippen LogP contribution is 2.06. The average molecular weight is 202 g/mol. The number of rotatable bonds is 7. The number of carbonyl (C=O) groups is 1. The molecule has 0 aromatic rings. The summed E-state index contributed by atoms with van der Waals surface area (Å²) in [6.07, 6.45) is 1.67. The van der Waals surface area contributed by atoms with E-state index in [9.17, 15) is 4.79 Å². The van der Waals surface area contributed by atoms with Crippen molar-refractivity contribution in [3.63, 3.8) is 0 Å². The van der Waals surface area contributed by atoms with Gasteiger partial charge in [-0.25, -0.2) is 0 Å². The fraction of sp³-hybridized carbons (Fsp3) is 0.667. The average Bonchev–Trinajstić information content (AvgIpc) is 2.14. The number of carbonyl (C=O) groups excluding carboxylic acids is 1. The number of amides is 1. The molecule has 0 rings (SSSR count). The summed E-state index contributed by atoms with van der Waals surface area (Å²) < 4.78 is 0. The van der Waals surface area contributed by atoms with Gasteiger partial charge in [0.05, 0.1) is 5.75 Å². The van der Waals surface area contributed by atoms with Gasteiger partial charge in [-0.2, -0.15) is 11.8 Å². The van der Waals surface area contributed by atoms with Crippen molar-refractivity contribution >= 4 is 17.7 Å². The predicted molar refractivity (Wildman–Crippen MR) is 58.8 cm³/mol. The number of hydrogen-bond acceptors (Lipinski definition) is 3. The lowest BCUT2D eigenvalue weighted by Crippen LogP contribution is -2.25. The van der Waals surface area contributed by atoms with Crippen molar-refractivity contribution in [2.24, 2.45) is 11.7 Å². The number of hydrogen-bond donors (Lipinski definition) is 2. The predicted octanol–water partition coefficient (Wildman–Crippen LogP) is 0.617. The van der Waals surface area contributed by atoms with Crippen LogP contribution in [0.5, 0.6) is 0 Å². The van der Waals surface area contributed by atoms with E-state index in [1.54, 1.807) is 17.8 Å². The topological polar surface area (TPSA) is 55.1 Å². The molecule has 0 aromatic carbocycles. The molecule has 3 nitrogen and oxygen atoms in total. The fourth-order valence-electron chi connectivity index (χ4n) is 0.658. The monoisotopic (exact) mass is 202 g/mol. The Morgan fingerprint density at radius 1 is 1.77 bits per heavy atom. The zero-order valence-electron chi connectivity index (χ0n) is 8.08. The highest BCUT2D eigenvalue weighted by atomic mass is 32.2. The largest absolute Gasteiger partial charge is 0.352 e. The first-order valence-electron chi connectivity index (χ1n) is 4.36. The van der Waals surface area contributed by atoms with Crippen LogP contribution in [0.15, 0.2) is 12.7 Å². The third-order valence-electron chi connectivity index (χ3n) is 1.48. The Bertz CT molecular complexity index is 162. The van der Waals surface area contributed by atoms with Gasteiger partial charge >= 0.3 is 0 Å². The van der Waals surface area contributed by atoms with E-state index in [4.69, 9.17) is 5.73 Å². The minimum absolute atomic E-state index is 0.0640. The second-order valence-electron chi connectivity index (χ2n) is 2.95. The van der Waals surface area contributed by atoms with Gasteiger partial charge in [-0.3, -0.25) is 4.79 Å². The lowest BCUT2D eigenvalue weighted by molar-refractivity contribution is -0.118. The van der Waals surface area contributed by atoms with Crippen molar-refractivity contribution in [3.8, 4) is 0 Å². The standard InChI is InChI=1S/C9H18N2OS/c1-3-4-11-9(12)7-13-6-8(2)5-10/h3,8H,1,4-7,10H2,2H3,(H,11,12).